The molecule has 2 rings (SSSR count). The zero-order chi connectivity index (χ0) is 14.8. The number of carbonyl (C=O) groups excluding carboxylic acids is 2. The summed E-state index contributed by atoms with van der Waals surface area (Å²) in [6.07, 6.45) is 6.17. The molecule has 1 heterocycles. The van der Waals surface area contributed by atoms with Crippen LogP contribution in [0, 0.1) is 11.8 Å². The van der Waals surface area contributed by atoms with Crippen LogP contribution in [0.25, 0.3) is 0 Å². The quantitative estimate of drug-likeness (QED) is 0.796. The molecule has 1 atom stereocenters. The first-order valence-electron chi connectivity index (χ1n) is 7.86. The monoisotopic (exact) mass is 281 g/mol. The molecule has 0 bridgehead atoms. The Hall–Kier alpha value is -1.06. The van der Waals surface area contributed by atoms with Gasteiger partial charge in [0.05, 0.1) is 0 Å². The van der Waals surface area contributed by atoms with E-state index in [1.54, 1.807) is 4.90 Å². The highest BCUT2D eigenvalue weighted by Gasteiger charge is 2.34. The average molecular weight is 281 g/mol. The summed E-state index contributed by atoms with van der Waals surface area (Å²) in [5.41, 5.74) is -0.469. The molecule has 0 aromatic rings. The Bertz CT molecular complexity index is 366. The highest BCUT2D eigenvalue weighted by Crippen LogP contribution is 2.30. The molecule has 20 heavy (non-hydrogen) atoms. The van der Waals surface area contributed by atoms with Crippen molar-refractivity contribution in [3.8, 4) is 0 Å². The second-order valence-corrected chi connectivity index (χ2v) is 7.23. The lowest BCUT2D eigenvalue weighted by molar-refractivity contribution is -0.123. The standard InChI is InChI=1S/C16H27NO3/c1-16(2,3)20-15(19)17-9-8-13(11-17)14(18)10-12-6-4-5-7-12/h12-13H,4-11H2,1-3H3. The Balaban J connectivity index is 1.79. The Labute approximate surface area is 121 Å². The van der Waals surface area contributed by atoms with E-state index in [4.69, 9.17) is 4.74 Å². The lowest BCUT2D eigenvalue weighted by Gasteiger charge is -2.24. The van der Waals surface area contributed by atoms with Crippen LogP contribution in [0.2, 0.25) is 0 Å². The largest absolute Gasteiger partial charge is 0.444 e. The number of hydrogen-bond donors (Lipinski definition) is 0. The number of ether oxygens (including phenoxy) is 1. The summed E-state index contributed by atoms with van der Waals surface area (Å²) in [7, 11) is 0. The third kappa shape index (κ3) is 4.22. The summed E-state index contributed by atoms with van der Waals surface area (Å²) in [6.45, 7) is 6.79. The van der Waals surface area contributed by atoms with Gasteiger partial charge in [-0.2, -0.15) is 0 Å². The van der Waals surface area contributed by atoms with E-state index in [0.29, 0.717) is 31.2 Å². The van der Waals surface area contributed by atoms with Crippen molar-refractivity contribution < 1.29 is 14.3 Å². The second kappa shape index (κ2) is 6.15. The predicted molar refractivity (Wildman–Crippen MR) is 77.5 cm³/mol. The number of rotatable bonds is 3. The summed E-state index contributed by atoms with van der Waals surface area (Å²) in [4.78, 5) is 25.9. The molecule has 0 aromatic heterocycles. The van der Waals surface area contributed by atoms with Crippen LogP contribution in [-0.4, -0.2) is 35.5 Å². The van der Waals surface area contributed by atoms with Crippen molar-refractivity contribution in [1.82, 2.24) is 4.90 Å². The number of nitrogens with zero attached hydrogens (tertiary/aromatic N) is 1. The molecular formula is C16H27NO3. The molecule has 0 radical (unpaired) electrons. The van der Waals surface area contributed by atoms with E-state index in [2.05, 4.69) is 0 Å². The summed E-state index contributed by atoms with van der Waals surface area (Å²) in [5.74, 6) is 0.976. The van der Waals surface area contributed by atoms with Crippen molar-refractivity contribution in [1.29, 1.82) is 0 Å². The first kappa shape index (κ1) is 15.3. The van der Waals surface area contributed by atoms with Crippen LogP contribution in [0.5, 0.6) is 0 Å². The van der Waals surface area contributed by atoms with Gasteiger partial charge in [-0.15, -0.1) is 0 Å². The van der Waals surface area contributed by atoms with Gasteiger partial charge in [0.2, 0.25) is 0 Å². The van der Waals surface area contributed by atoms with E-state index in [0.717, 1.165) is 6.42 Å². The molecule has 0 N–H and O–H groups in total. The Kier molecular flexibility index (Phi) is 4.71. The Morgan fingerprint density at radius 3 is 2.40 bits per heavy atom. The van der Waals surface area contributed by atoms with Gasteiger partial charge < -0.3 is 9.64 Å². The minimum Gasteiger partial charge on any atom is -0.444 e. The van der Waals surface area contributed by atoms with E-state index >= 15 is 0 Å². The molecule has 1 saturated heterocycles. The van der Waals surface area contributed by atoms with Crippen LogP contribution in [0.3, 0.4) is 0 Å². The summed E-state index contributed by atoms with van der Waals surface area (Å²) in [6, 6.07) is 0. The van der Waals surface area contributed by atoms with Gasteiger partial charge in [-0.25, -0.2) is 4.79 Å². The summed E-state index contributed by atoms with van der Waals surface area (Å²) in [5, 5.41) is 0. The normalized spacial score (nSPS) is 24.1. The lowest BCUT2D eigenvalue weighted by atomic mass is 9.93. The first-order valence-corrected chi connectivity index (χ1v) is 7.86. The van der Waals surface area contributed by atoms with Crippen molar-refractivity contribution in [2.75, 3.05) is 13.1 Å². The molecule has 0 aromatic carbocycles. The van der Waals surface area contributed by atoms with Crippen LogP contribution in [0.15, 0.2) is 0 Å². The third-order valence-corrected chi connectivity index (χ3v) is 4.26. The molecule has 1 aliphatic heterocycles. The Morgan fingerprint density at radius 1 is 1.15 bits per heavy atom. The molecule has 0 spiro atoms. The minimum atomic E-state index is -0.469. The highest BCUT2D eigenvalue weighted by atomic mass is 16.6. The number of amides is 1. The maximum Gasteiger partial charge on any atom is 0.410 e. The molecule has 1 aliphatic carbocycles. The summed E-state index contributed by atoms with van der Waals surface area (Å²) < 4.78 is 5.36. The van der Waals surface area contributed by atoms with Crippen LogP contribution in [-0.2, 0) is 9.53 Å². The number of ketones is 1. The van der Waals surface area contributed by atoms with E-state index < -0.39 is 5.60 Å². The number of likely N-dealkylation sites (tertiary alicyclic amines) is 1. The van der Waals surface area contributed by atoms with E-state index in [1.807, 2.05) is 20.8 Å². The smallest absolute Gasteiger partial charge is 0.410 e. The van der Waals surface area contributed by atoms with Crippen LogP contribution in [0.1, 0.15) is 59.3 Å². The van der Waals surface area contributed by atoms with Gasteiger partial charge in [0.25, 0.3) is 0 Å². The number of Topliss-reactive ketones (excluding diaryl/α,β-unsaturated/α-hetero) is 1. The Morgan fingerprint density at radius 2 is 1.80 bits per heavy atom. The van der Waals surface area contributed by atoms with E-state index in [1.165, 1.54) is 25.7 Å². The van der Waals surface area contributed by atoms with Gasteiger partial charge in [-0.3, -0.25) is 4.79 Å². The van der Waals surface area contributed by atoms with Crippen LogP contribution < -0.4 is 0 Å². The third-order valence-electron chi connectivity index (χ3n) is 4.26. The fourth-order valence-electron chi connectivity index (χ4n) is 3.18. The SMILES string of the molecule is CC(C)(C)OC(=O)N1CCC(C(=O)CC2CCCC2)C1. The number of carbonyl (C=O) groups is 2. The maximum atomic E-state index is 12.3. The van der Waals surface area contributed by atoms with E-state index in [-0.39, 0.29) is 12.0 Å². The zero-order valence-corrected chi connectivity index (χ0v) is 13.0. The maximum absolute atomic E-state index is 12.3. The first-order chi connectivity index (χ1) is 9.35. The van der Waals surface area contributed by atoms with Crippen molar-refractivity contribution >= 4 is 11.9 Å². The van der Waals surface area contributed by atoms with Gasteiger partial charge >= 0.3 is 6.09 Å². The summed E-state index contributed by atoms with van der Waals surface area (Å²) >= 11 is 0. The minimum absolute atomic E-state index is 0.0307. The molecule has 114 valence electrons. The second-order valence-electron chi connectivity index (χ2n) is 7.23. The molecule has 1 saturated carbocycles. The van der Waals surface area contributed by atoms with Crippen molar-refractivity contribution in [3.05, 3.63) is 0 Å². The molecule has 4 heteroatoms. The molecule has 1 amide bonds. The number of hydrogen-bond acceptors (Lipinski definition) is 3. The van der Waals surface area contributed by atoms with Crippen LogP contribution >= 0.6 is 0 Å². The van der Waals surface area contributed by atoms with Crippen LogP contribution in [0.4, 0.5) is 4.79 Å². The van der Waals surface area contributed by atoms with Crippen molar-refractivity contribution in [3.63, 3.8) is 0 Å². The topological polar surface area (TPSA) is 46.6 Å². The van der Waals surface area contributed by atoms with Crippen molar-refractivity contribution in [2.24, 2.45) is 11.8 Å². The van der Waals surface area contributed by atoms with Gasteiger partial charge in [-0.05, 0) is 33.1 Å². The van der Waals surface area contributed by atoms with Gasteiger partial charge in [0, 0.05) is 25.4 Å². The molecule has 4 nitrogen and oxygen atoms in total. The lowest BCUT2D eigenvalue weighted by Crippen LogP contribution is -2.36. The zero-order valence-electron chi connectivity index (χ0n) is 13.0. The highest BCUT2D eigenvalue weighted by molar-refractivity contribution is 5.82. The van der Waals surface area contributed by atoms with Crippen molar-refractivity contribution in [2.45, 2.75) is 64.9 Å². The molecule has 2 fully saturated rings. The fourth-order valence-corrected chi connectivity index (χ4v) is 3.18. The molecular weight excluding hydrogens is 254 g/mol. The van der Waals surface area contributed by atoms with Gasteiger partial charge in [0.1, 0.15) is 11.4 Å². The van der Waals surface area contributed by atoms with E-state index in [9.17, 15) is 9.59 Å². The fraction of sp³-hybridized carbons (Fsp3) is 0.875. The molecule has 2 aliphatic rings. The van der Waals surface area contributed by atoms with Gasteiger partial charge in [-0.1, -0.05) is 25.7 Å². The average Bonchev–Trinajstić information content (AvgIpc) is 2.96. The predicted octanol–water partition coefficient (Wildman–Crippen LogP) is 3.39. The molecule has 1 unspecified atom stereocenters. The van der Waals surface area contributed by atoms with Gasteiger partial charge in [0.15, 0.2) is 0 Å².